The summed E-state index contributed by atoms with van der Waals surface area (Å²) >= 11 is 0. The van der Waals surface area contributed by atoms with Gasteiger partial charge in [-0.2, -0.15) is 0 Å². The molecular weight excluding hydrogens is 357 g/mol. The lowest BCUT2D eigenvalue weighted by atomic mass is 10.2. The minimum absolute atomic E-state index is 0.0999. The van der Waals surface area contributed by atoms with Gasteiger partial charge in [-0.05, 0) is 50.2 Å². The number of hydrogen-bond acceptors (Lipinski definition) is 7. The van der Waals surface area contributed by atoms with Gasteiger partial charge in [0, 0.05) is 17.3 Å². The van der Waals surface area contributed by atoms with Crippen molar-refractivity contribution in [3.8, 4) is 17.2 Å². The Morgan fingerprint density at radius 3 is 2.15 bits per heavy atom. The molecule has 7 nitrogen and oxygen atoms in total. The van der Waals surface area contributed by atoms with Crippen LogP contribution in [0.1, 0.15) is 25.2 Å². The van der Waals surface area contributed by atoms with E-state index in [4.69, 9.17) is 13.8 Å². The third kappa shape index (κ3) is 4.69. The number of ether oxygens (including phenoxy) is 1. The van der Waals surface area contributed by atoms with E-state index in [9.17, 15) is 14.8 Å². The van der Waals surface area contributed by atoms with Crippen molar-refractivity contribution in [3.63, 3.8) is 0 Å². The Hall–Kier alpha value is -2.21. The summed E-state index contributed by atoms with van der Waals surface area (Å²) in [5.74, 6) is -0.596. The van der Waals surface area contributed by atoms with Crippen LogP contribution >= 0.6 is 7.60 Å². The van der Waals surface area contributed by atoms with Gasteiger partial charge in [-0.25, -0.2) is 0 Å². The lowest BCUT2D eigenvalue weighted by Crippen LogP contribution is -2.15. The summed E-state index contributed by atoms with van der Waals surface area (Å²) in [6, 6.07) is 11.1. The van der Waals surface area contributed by atoms with E-state index in [2.05, 4.69) is 5.32 Å². The highest BCUT2D eigenvalue weighted by Gasteiger charge is 2.38. The zero-order valence-corrected chi connectivity index (χ0v) is 15.9. The smallest absolute Gasteiger partial charge is 0.357 e. The molecule has 0 spiro atoms. The molecule has 0 saturated heterocycles. The van der Waals surface area contributed by atoms with Crippen LogP contribution < -0.4 is 10.1 Å². The monoisotopic (exact) mass is 381 g/mol. The molecule has 8 heteroatoms. The summed E-state index contributed by atoms with van der Waals surface area (Å²) in [6.07, 6.45) is 0. The first kappa shape index (κ1) is 20.1. The number of rotatable bonds is 9. The molecule has 142 valence electrons. The Labute approximate surface area is 153 Å². The highest BCUT2D eigenvalue weighted by Crippen LogP contribution is 2.62. The van der Waals surface area contributed by atoms with Gasteiger partial charge in [0.05, 0.1) is 20.3 Å². The van der Waals surface area contributed by atoms with Gasteiger partial charge < -0.3 is 29.3 Å². The van der Waals surface area contributed by atoms with E-state index < -0.39 is 13.4 Å². The first-order chi connectivity index (χ1) is 12.4. The van der Waals surface area contributed by atoms with E-state index in [1.807, 2.05) is 0 Å². The first-order valence-corrected chi connectivity index (χ1v) is 9.86. The molecule has 0 radical (unpaired) electrons. The summed E-state index contributed by atoms with van der Waals surface area (Å²) in [7, 11) is -2.09. The van der Waals surface area contributed by atoms with Crippen LogP contribution in [0.25, 0.3) is 0 Å². The van der Waals surface area contributed by atoms with Crippen LogP contribution in [0, 0.1) is 0 Å². The third-order valence-corrected chi connectivity index (χ3v) is 5.91. The summed E-state index contributed by atoms with van der Waals surface area (Å²) in [6.45, 7) is 3.79. The molecule has 0 amide bonds. The molecule has 1 unspecified atom stereocenters. The van der Waals surface area contributed by atoms with Crippen molar-refractivity contribution >= 4 is 13.3 Å². The third-order valence-electron chi connectivity index (χ3n) is 3.64. The minimum atomic E-state index is -3.66. The molecule has 0 aromatic heterocycles. The van der Waals surface area contributed by atoms with Gasteiger partial charge in [0.1, 0.15) is 17.2 Å². The van der Waals surface area contributed by atoms with E-state index in [1.54, 1.807) is 45.2 Å². The zero-order valence-electron chi connectivity index (χ0n) is 15.0. The maximum absolute atomic E-state index is 13.4. The lowest BCUT2D eigenvalue weighted by molar-refractivity contribution is 0.213. The predicted octanol–water partition coefficient (Wildman–Crippen LogP) is 4.48. The number of nitrogens with one attached hydrogen (secondary N) is 1. The lowest BCUT2D eigenvalue weighted by Gasteiger charge is -2.28. The van der Waals surface area contributed by atoms with Gasteiger partial charge in [0.2, 0.25) is 0 Å². The van der Waals surface area contributed by atoms with Crippen LogP contribution in [0.5, 0.6) is 17.2 Å². The highest BCUT2D eigenvalue weighted by atomic mass is 31.2. The van der Waals surface area contributed by atoms with Crippen molar-refractivity contribution in [1.82, 2.24) is 0 Å². The number of phenolic OH excluding ortho intramolecular Hbond substituents is 2. The van der Waals surface area contributed by atoms with Crippen molar-refractivity contribution < 1.29 is 28.6 Å². The second kappa shape index (κ2) is 8.94. The number of anilines is 1. The van der Waals surface area contributed by atoms with E-state index in [0.717, 1.165) is 0 Å². The Morgan fingerprint density at radius 1 is 1.04 bits per heavy atom. The molecule has 26 heavy (non-hydrogen) atoms. The van der Waals surface area contributed by atoms with Crippen LogP contribution in [-0.4, -0.2) is 30.5 Å². The van der Waals surface area contributed by atoms with Gasteiger partial charge in [-0.15, -0.1) is 0 Å². The van der Waals surface area contributed by atoms with Crippen molar-refractivity contribution in [3.05, 3.63) is 48.0 Å². The van der Waals surface area contributed by atoms with Crippen molar-refractivity contribution in [1.29, 1.82) is 0 Å². The fourth-order valence-corrected chi connectivity index (χ4v) is 4.44. The molecule has 0 bridgehead atoms. The molecule has 0 heterocycles. The Bertz CT molecular complexity index is 755. The summed E-state index contributed by atoms with van der Waals surface area (Å²) in [4.78, 5) is 0. The number of hydrogen-bond donors (Lipinski definition) is 3. The van der Waals surface area contributed by atoms with Crippen LogP contribution in [0.3, 0.4) is 0 Å². The molecule has 2 rings (SSSR count). The van der Waals surface area contributed by atoms with E-state index in [1.165, 1.54) is 18.2 Å². The maximum atomic E-state index is 13.4. The fourth-order valence-electron chi connectivity index (χ4n) is 2.48. The van der Waals surface area contributed by atoms with E-state index in [-0.39, 0.29) is 24.7 Å². The van der Waals surface area contributed by atoms with E-state index in [0.29, 0.717) is 17.0 Å². The molecule has 2 aromatic rings. The molecule has 0 aliphatic carbocycles. The summed E-state index contributed by atoms with van der Waals surface area (Å²) in [5.41, 5.74) is 0.937. The maximum Gasteiger partial charge on any atom is 0.357 e. The second-order valence-electron chi connectivity index (χ2n) is 5.39. The first-order valence-electron chi connectivity index (χ1n) is 8.24. The normalized spacial score (nSPS) is 12.6. The summed E-state index contributed by atoms with van der Waals surface area (Å²) < 4.78 is 29.4. The van der Waals surface area contributed by atoms with Gasteiger partial charge in [-0.1, -0.05) is 0 Å². The molecule has 1 atom stereocenters. The fraction of sp³-hybridized carbons (Fsp3) is 0.333. The Morgan fingerprint density at radius 2 is 1.65 bits per heavy atom. The van der Waals surface area contributed by atoms with Crippen molar-refractivity contribution in [2.45, 2.75) is 19.6 Å². The Balaban J connectivity index is 2.47. The van der Waals surface area contributed by atoms with Crippen LogP contribution in [-0.2, 0) is 13.6 Å². The predicted molar refractivity (Wildman–Crippen MR) is 100.0 cm³/mol. The highest BCUT2D eigenvalue weighted by molar-refractivity contribution is 7.54. The van der Waals surface area contributed by atoms with Crippen LogP contribution in [0.15, 0.2) is 42.5 Å². The molecule has 0 saturated carbocycles. The second-order valence-corrected chi connectivity index (χ2v) is 7.51. The Kier molecular flexibility index (Phi) is 6.91. The standard InChI is InChI=1S/C18H24NO6P/c1-4-24-26(22,25-5-2)18(16-11-8-14(20)12-17(16)21)19-13-6-9-15(23-3)10-7-13/h6-12,18-21H,4-5H2,1-3H3. The van der Waals surface area contributed by atoms with Gasteiger partial charge in [-0.3, -0.25) is 4.57 Å². The molecule has 0 aliphatic heterocycles. The molecule has 0 fully saturated rings. The van der Waals surface area contributed by atoms with Crippen molar-refractivity contribution in [2.75, 3.05) is 25.6 Å². The molecule has 3 N–H and O–H groups in total. The van der Waals surface area contributed by atoms with Gasteiger partial charge >= 0.3 is 7.60 Å². The SMILES string of the molecule is CCOP(=O)(OCC)C(Nc1ccc(OC)cc1)c1ccc(O)cc1O. The quantitative estimate of drug-likeness (QED) is 0.551. The zero-order chi connectivity index (χ0) is 19.2. The number of benzene rings is 2. The number of aromatic hydroxyl groups is 2. The van der Waals surface area contributed by atoms with Crippen LogP contribution in [0.2, 0.25) is 0 Å². The minimum Gasteiger partial charge on any atom is -0.508 e. The largest absolute Gasteiger partial charge is 0.508 e. The average molecular weight is 381 g/mol. The summed E-state index contributed by atoms with van der Waals surface area (Å²) in [5, 5.41) is 22.9. The average Bonchev–Trinajstić information content (AvgIpc) is 2.61. The van der Waals surface area contributed by atoms with E-state index >= 15 is 0 Å². The molecular formula is C18H24NO6P. The molecule has 2 aromatic carbocycles. The topological polar surface area (TPSA) is 97.3 Å². The molecule has 0 aliphatic rings. The van der Waals surface area contributed by atoms with Crippen molar-refractivity contribution in [2.24, 2.45) is 0 Å². The van der Waals surface area contributed by atoms with Gasteiger partial charge in [0.25, 0.3) is 0 Å². The number of phenols is 2. The van der Waals surface area contributed by atoms with Gasteiger partial charge in [0.15, 0.2) is 5.78 Å². The van der Waals surface area contributed by atoms with Crippen LogP contribution in [0.4, 0.5) is 5.69 Å². The number of methoxy groups -OCH3 is 1.